The molecule has 0 unspecified atom stereocenters. The molecular weight excluding hydrogens is 365 g/mol. The molecule has 0 bridgehead atoms. The third kappa shape index (κ3) is 3.92. The van der Waals surface area contributed by atoms with E-state index in [1.807, 2.05) is 18.2 Å². The van der Waals surface area contributed by atoms with Crippen LogP contribution in [0.2, 0.25) is 0 Å². The first-order chi connectivity index (χ1) is 10.7. The molecule has 5 heteroatoms. The Morgan fingerprint density at radius 3 is 1.68 bits per heavy atom. The van der Waals surface area contributed by atoms with Crippen molar-refractivity contribution < 1.29 is 37.0 Å². The van der Waals surface area contributed by atoms with Gasteiger partial charge in [-0.05, 0) is 0 Å². The molecule has 0 radical (unpaired) electrons. The minimum absolute atomic E-state index is 0.307. The zero-order valence-corrected chi connectivity index (χ0v) is 14.1. The van der Waals surface area contributed by atoms with E-state index >= 15 is 0 Å². The van der Waals surface area contributed by atoms with Crippen molar-refractivity contribution in [2.24, 2.45) is 0 Å². The molecule has 0 saturated carbocycles. The second-order valence-corrected chi connectivity index (χ2v) is 8.72. The molecule has 0 heterocycles. The van der Waals surface area contributed by atoms with E-state index in [-0.39, 0.29) is 11.6 Å². The second-order valence-electron chi connectivity index (χ2n) is 4.72. The van der Waals surface area contributed by atoms with Gasteiger partial charge in [-0.1, -0.05) is 0 Å². The molecule has 2 aromatic carbocycles. The Morgan fingerprint density at radius 1 is 0.773 bits per heavy atom. The quantitative estimate of drug-likeness (QED) is 0.750. The van der Waals surface area contributed by atoms with E-state index in [0.717, 1.165) is 9.70 Å². The predicted octanol–water partition coefficient (Wildman–Crippen LogP) is 4.71. The number of benzene rings is 2. The molecule has 0 aromatic heterocycles. The average Bonchev–Trinajstić information content (AvgIpc) is 3.05. The van der Waals surface area contributed by atoms with E-state index < -0.39 is 22.6 Å². The number of hydrogen-bond donors (Lipinski definition) is 0. The van der Waals surface area contributed by atoms with Crippen molar-refractivity contribution in [1.29, 1.82) is 0 Å². The van der Waals surface area contributed by atoms with Gasteiger partial charge in [-0.25, -0.2) is 0 Å². The van der Waals surface area contributed by atoms with E-state index in [2.05, 4.69) is 0 Å². The van der Waals surface area contributed by atoms with Crippen LogP contribution in [0.4, 0.5) is 8.78 Å². The van der Waals surface area contributed by atoms with Crippen LogP contribution >= 0.6 is 0 Å². The maximum atomic E-state index is 13.0. The first-order valence-corrected chi connectivity index (χ1v) is 10.0. The van der Waals surface area contributed by atoms with Gasteiger partial charge in [0.2, 0.25) is 0 Å². The van der Waals surface area contributed by atoms with Crippen LogP contribution < -0.4 is 5.63 Å². The van der Waals surface area contributed by atoms with Crippen LogP contribution in [-0.4, -0.2) is 0 Å². The summed E-state index contributed by atoms with van der Waals surface area (Å²) in [5.41, 5.74) is 0. The fourth-order valence-electron chi connectivity index (χ4n) is 1.97. The topological polar surface area (TPSA) is 18.5 Å². The van der Waals surface area contributed by atoms with Gasteiger partial charge in [-0.3, -0.25) is 0 Å². The number of allylic oxidation sites excluding steroid dienone is 4. The zero-order chi connectivity index (χ0) is 15.4. The Morgan fingerprint density at radius 2 is 1.27 bits per heavy atom. The van der Waals surface area contributed by atoms with Crippen molar-refractivity contribution in [2.45, 2.75) is 6.42 Å². The molecule has 111 valence electrons. The standard InChI is InChI=1S/2C6H5FO.C5H5.Zr/c2*7-5-1-3-6(8)4-2-5;1-2-4-5-3-1;/h2*1-4,8H;1-3H,4H2;/q;;;+2/p-2. The van der Waals surface area contributed by atoms with Crippen molar-refractivity contribution >= 4 is 0 Å². The van der Waals surface area contributed by atoms with Gasteiger partial charge in [-0.2, -0.15) is 0 Å². The SMILES string of the molecule is Fc1ccc([O][Zr]([O]c2ccc(F)cc2)[C]2=CC=CC2)cc1. The summed E-state index contributed by atoms with van der Waals surface area (Å²) in [7, 11) is 0. The van der Waals surface area contributed by atoms with E-state index in [1.165, 1.54) is 24.3 Å². The molecule has 2 nitrogen and oxygen atoms in total. The molecule has 0 N–H and O–H groups in total. The molecule has 3 rings (SSSR count). The van der Waals surface area contributed by atoms with E-state index in [9.17, 15) is 8.78 Å². The van der Waals surface area contributed by atoms with Gasteiger partial charge >= 0.3 is 137 Å². The van der Waals surface area contributed by atoms with Crippen LogP contribution in [-0.2, 0) is 22.6 Å². The van der Waals surface area contributed by atoms with Crippen LogP contribution in [0.15, 0.2) is 70.0 Å². The summed E-state index contributed by atoms with van der Waals surface area (Å²) < 4.78 is 39.1. The van der Waals surface area contributed by atoms with Gasteiger partial charge in [0.25, 0.3) is 0 Å². The molecule has 0 spiro atoms. The summed E-state index contributed by atoms with van der Waals surface area (Å²) in [5.74, 6) is 0.564. The summed E-state index contributed by atoms with van der Waals surface area (Å²) in [6.07, 6.45) is 6.81. The number of rotatable bonds is 5. The minimum atomic E-state index is -2.87. The normalized spacial score (nSPS) is 12.9. The zero-order valence-electron chi connectivity index (χ0n) is 11.6. The van der Waals surface area contributed by atoms with Gasteiger partial charge in [0.1, 0.15) is 0 Å². The third-order valence-corrected chi connectivity index (χ3v) is 7.35. The molecule has 0 fully saturated rings. The summed E-state index contributed by atoms with van der Waals surface area (Å²) in [5, 5.41) is 0. The third-order valence-electron chi connectivity index (χ3n) is 3.08. The van der Waals surface area contributed by atoms with Gasteiger partial charge in [0, 0.05) is 0 Å². The Labute approximate surface area is 136 Å². The first kappa shape index (κ1) is 15.2. The van der Waals surface area contributed by atoms with E-state index in [1.54, 1.807) is 24.3 Å². The van der Waals surface area contributed by atoms with Crippen LogP contribution in [0.25, 0.3) is 0 Å². The molecule has 0 saturated heterocycles. The van der Waals surface area contributed by atoms with Crippen LogP contribution in [0.1, 0.15) is 6.42 Å². The van der Waals surface area contributed by atoms with Gasteiger partial charge in [-0.15, -0.1) is 0 Å². The first-order valence-electron chi connectivity index (χ1n) is 6.80. The van der Waals surface area contributed by atoms with Crippen molar-refractivity contribution in [3.8, 4) is 11.5 Å². The fourth-order valence-corrected chi connectivity index (χ4v) is 5.71. The summed E-state index contributed by atoms with van der Waals surface area (Å²) in [4.78, 5) is 0. The molecule has 2 aromatic rings. The van der Waals surface area contributed by atoms with Crippen LogP contribution in [0.5, 0.6) is 11.5 Å². The monoisotopic (exact) mass is 377 g/mol. The fraction of sp³-hybridized carbons (Fsp3) is 0.0588. The molecule has 1 aliphatic rings. The van der Waals surface area contributed by atoms with Gasteiger partial charge in [0.05, 0.1) is 0 Å². The van der Waals surface area contributed by atoms with Crippen molar-refractivity contribution in [1.82, 2.24) is 0 Å². The van der Waals surface area contributed by atoms with Gasteiger partial charge < -0.3 is 0 Å². The summed E-state index contributed by atoms with van der Waals surface area (Å²) >= 11 is -2.87. The molecular formula is C17H13F2O2Zr. The predicted molar refractivity (Wildman–Crippen MR) is 75.9 cm³/mol. The Balaban J connectivity index is 1.77. The molecule has 0 atom stereocenters. The molecule has 22 heavy (non-hydrogen) atoms. The number of halogens is 2. The average molecular weight is 379 g/mol. The van der Waals surface area contributed by atoms with Gasteiger partial charge in [0.15, 0.2) is 0 Å². The summed E-state index contributed by atoms with van der Waals surface area (Å²) in [6, 6.07) is 11.8. The van der Waals surface area contributed by atoms with Crippen molar-refractivity contribution in [3.05, 3.63) is 81.7 Å². The Kier molecular flexibility index (Phi) is 4.84. The Hall–Kier alpha value is -1.74. The van der Waals surface area contributed by atoms with Crippen LogP contribution in [0, 0.1) is 11.6 Å². The van der Waals surface area contributed by atoms with Crippen LogP contribution in [0.3, 0.4) is 0 Å². The molecule has 0 amide bonds. The Bertz CT molecular complexity index is 646. The summed E-state index contributed by atoms with van der Waals surface area (Å²) in [6.45, 7) is 0. The van der Waals surface area contributed by atoms with Crippen molar-refractivity contribution in [3.63, 3.8) is 0 Å². The molecule has 1 aliphatic carbocycles. The maximum absolute atomic E-state index is 13.0. The van der Waals surface area contributed by atoms with E-state index in [4.69, 9.17) is 5.63 Å². The van der Waals surface area contributed by atoms with Crippen molar-refractivity contribution in [2.75, 3.05) is 0 Å². The number of hydrogen-bond acceptors (Lipinski definition) is 2. The van der Waals surface area contributed by atoms with E-state index in [0.29, 0.717) is 11.5 Å². The second kappa shape index (κ2) is 7.02. The molecule has 0 aliphatic heterocycles.